The third-order valence-corrected chi connectivity index (χ3v) is 7.52. The predicted octanol–water partition coefficient (Wildman–Crippen LogP) is 5.39. The minimum atomic E-state index is -3.50. The van der Waals surface area contributed by atoms with Gasteiger partial charge in [0, 0.05) is 5.41 Å². The third-order valence-electron chi connectivity index (χ3n) is 6.93. The van der Waals surface area contributed by atoms with E-state index in [1.807, 2.05) is 27.7 Å². The van der Waals surface area contributed by atoms with Crippen molar-refractivity contribution in [2.24, 2.45) is 21.7 Å². The maximum absolute atomic E-state index is 15.6. The van der Waals surface area contributed by atoms with Crippen molar-refractivity contribution >= 4 is 9.24 Å². The van der Waals surface area contributed by atoms with Crippen LogP contribution in [0.5, 0.6) is 0 Å². The second kappa shape index (κ2) is 4.84. The number of ether oxygens (including phenoxy) is 1. The number of alkyl halides is 4. The topological polar surface area (TPSA) is 12.5 Å². The van der Waals surface area contributed by atoms with E-state index in [2.05, 4.69) is 0 Å². The Bertz CT molecular complexity index is 495. The van der Waals surface area contributed by atoms with Gasteiger partial charge in [0.25, 0.3) is 5.66 Å². The minimum absolute atomic E-state index is 0.100. The van der Waals surface area contributed by atoms with Crippen molar-refractivity contribution < 1.29 is 22.3 Å². The van der Waals surface area contributed by atoms with Gasteiger partial charge < -0.3 is 4.74 Å². The van der Waals surface area contributed by atoms with E-state index in [0.717, 1.165) is 6.92 Å². The van der Waals surface area contributed by atoms with Crippen molar-refractivity contribution in [2.75, 3.05) is 6.61 Å². The fraction of sp³-hybridized carbons (Fsp3) is 1.00. The van der Waals surface area contributed by atoms with Crippen LogP contribution >= 0.6 is 9.24 Å². The van der Waals surface area contributed by atoms with Crippen LogP contribution in [0.15, 0.2) is 0 Å². The smallest absolute Gasteiger partial charge is 0.270 e. The first-order valence-electron chi connectivity index (χ1n) is 8.08. The normalized spacial score (nSPS) is 38.6. The molecule has 0 aromatic heterocycles. The highest BCUT2D eigenvalue weighted by Gasteiger charge is 2.90. The van der Waals surface area contributed by atoms with Crippen molar-refractivity contribution in [3.8, 4) is 0 Å². The van der Waals surface area contributed by atoms with Gasteiger partial charge in [-0.3, -0.25) is 0 Å². The van der Waals surface area contributed by atoms with Crippen LogP contribution in [-0.2, 0) is 4.74 Å². The van der Waals surface area contributed by atoms with Crippen molar-refractivity contribution in [1.29, 1.82) is 0 Å². The molecule has 1 aliphatic heterocycles. The molecule has 1 nitrogen and oxygen atoms in total. The molecule has 0 spiro atoms. The number of epoxide rings is 1. The van der Waals surface area contributed by atoms with E-state index in [0.29, 0.717) is 13.0 Å². The summed E-state index contributed by atoms with van der Waals surface area (Å²) in [4.78, 5) is 0. The summed E-state index contributed by atoms with van der Waals surface area (Å²) in [6.45, 7) is 12.5. The summed E-state index contributed by atoms with van der Waals surface area (Å²) >= 11 is 0. The predicted molar refractivity (Wildman–Crippen MR) is 87.2 cm³/mol. The average Bonchev–Trinajstić information content (AvgIpc) is 3.22. The zero-order valence-corrected chi connectivity index (χ0v) is 16.2. The second-order valence-corrected chi connectivity index (χ2v) is 10.1. The monoisotopic (exact) mass is 356 g/mol. The highest BCUT2D eigenvalue weighted by Crippen LogP contribution is 2.78. The second-order valence-electron chi connectivity index (χ2n) is 9.40. The van der Waals surface area contributed by atoms with Crippen molar-refractivity contribution in [1.82, 2.24) is 0 Å². The molecule has 1 saturated heterocycles. The van der Waals surface area contributed by atoms with E-state index in [-0.39, 0.29) is 11.5 Å². The van der Waals surface area contributed by atoms with Gasteiger partial charge in [-0.2, -0.15) is 0 Å². The molecule has 0 N–H and O–H groups in total. The van der Waals surface area contributed by atoms with E-state index in [1.54, 1.807) is 13.8 Å². The molecule has 23 heavy (non-hydrogen) atoms. The standard InChI is InChI=1S/C17H29F4OP/c1-12(2,10-8-22-10)9-13(3,4)14(5,6)16(19)11(18)15(16,7)17(20,21)23/h10-11H,8-9,23H2,1-7H3. The molecule has 1 aliphatic carbocycles. The van der Waals surface area contributed by atoms with Gasteiger partial charge >= 0.3 is 0 Å². The Balaban J connectivity index is 2.34. The molecular formula is C17H29F4OP. The molecule has 6 heteroatoms. The Morgan fingerprint density at radius 3 is 1.87 bits per heavy atom. The molecular weight excluding hydrogens is 327 g/mol. The van der Waals surface area contributed by atoms with E-state index in [1.165, 1.54) is 9.24 Å². The Morgan fingerprint density at radius 1 is 1.13 bits per heavy atom. The number of hydrogen-bond acceptors (Lipinski definition) is 1. The van der Waals surface area contributed by atoms with Gasteiger partial charge in [0.05, 0.1) is 12.7 Å². The van der Waals surface area contributed by atoms with E-state index in [9.17, 15) is 13.2 Å². The maximum Gasteiger partial charge on any atom is 0.270 e. The lowest BCUT2D eigenvalue weighted by atomic mass is 9.57. The van der Waals surface area contributed by atoms with Crippen LogP contribution < -0.4 is 0 Å². The number of hydrogen-bond donors (Lipinski definition) is 0. The summed E-state index contributed by atoms with van der Waals surface area (Å²) in [5.74, 6) is 0. The molecule has 2 aliphatic rings. The Morgan fingerprint density at radius 2 is 1.57 bits per heavy atom. The lowest BCUT2D eigenvalue weighted by Gasteiger charge is -2.49. The van der Waals surface area contributed by atoms with Crippen LogP contribution in [0.2, 0.25) is 0 Å². The van der Waals surface area contributed by atoms with Crippen LogP contribution in [0.25, 0.3) is 0 Å². The Kier molecular flexibility index (Phi) is 4.09. The molecule has 2 rings (SSSR count). The molecule has 5 unspecified atom stereocenters. The summed E-state index contributed by atoms with van der Waals surface area (Å²) in [5.41, 5.74) is -10.5. The molecule has 1 heterocycles. The van der Waals surface area contributed by atoms with Gasteiger partial charge in [-0.15, -0.1) is 0 Å². The van der Waals surface area contributed by atoms with Crippen LogP contribution in [0, 0.1) is 21.7 Å². The Hall–Kier alpha value is 0.110. The van der Waals surface area contributed by atoms with Gasteiger partial charge in [-0.05, 0) is 24.2 Å². The molecule has 1 saturated carbocycles. The SMILES string of the molecule is CC(C)(CC(C)(C)C(C)(C)C1(F)C(F)C1(C)C(F)(F)P)C1CO1. The zero-order valence-electron chi connectivity index (χ0n) is 15.1. The van der Waals surface area contributed by atoms with E-state index >= 15 is 4.39 Å². The van der Waals surface area contributed by atoms with Crippen molar-refractivity contribution in [3.63, 3.8) is 0 Å². The van der Waals surface area contributed by atoms with E-state index < -0.39 is 33.7 Å². The summed E-state index contributed by atoms with van der Waals surface area (Å²) < 4.78 is 63.2. The molecule has 0 bridgehead atoms. The Labute approximate surface area is 139 Å². The van der Waals surface area contributed by atoms with Crippen molar-refractivity contribution in [2.45, 2.75) is 78.5 Å². The minimum Gasteiger partial charge on any atom is -0.373 e. The third kappa shape index (κ3) is 2.39. The molecule has 0 aromatic carbocycles. The summed E-state index contributed by atoms with van der Waals surface area (Å²) in [5, 5.41) is 0. The van der Waals surface area contributed by atoms with Gasteiger partial charge in [-0.25, -0.2) is 17.6 Å². The van der Waals surface area contributed by atoms with Gasteiger partial charge in [-0.1, -0.05) is 50.8 Å². The summed E-state index contributed by atoms with van der Waals surface area (Å²) in [6.07, 6.45) is -1.52. The van der Waals surface area contributed by atoms with Gasteiger partial charge in [0.15, 0.2) is 11.8 Å². The first-order valence-corrected chi connectivity index (χ1v) is 8.66. The van der Waals surface area contributed by atoms with Crippen LogP contribution in [0.4, 0.5) is 17.6 Å². The van der Waals surface area contributed by atoms with Crippen LogP contribution in [0.3, 0.4) is 0 Å². The van der Waals surface area contributed by atoms with Gasteiger partial charge in [0.1, 0.15) is 5.41 Å². The zero-order chi connectivity index (χ0) is 18.3. The molecule has 136 valence electrons. The molecule has 0 aromatic rings. The highest BCUT2D eigenvalue weighted by molar-refractivity contribution is 7.18. The quantitative estimate of drug-likeness (QED) is 0.353. The summed E-state index contributed by atoms with van der Waals surface area (Å²) in [7, 11) is 1.32. The van der Waals surface area contributed by atoms with Crippen LogP contribution in [-0.4, -0.2) is 30.2 Å². The molecule has 0 amide bonds. The largest absolute Gasteiger partial charge is 0.373 e. The molecule has 0 radical (unpaired) electrons. The van der Waals surface area contributed by atoms with Gasteiger partial charge in [0.2, 0.25) is 0 Å². The van der Waals surface area contributed by atoms with E-state index in [4.69, 9.17) is 4.74 Å². The fourth-order valence-electron chi connectivity index (χ4n) is 4.37. The first-order chi connectivity index (χ1) is 9.97. The lowest BCUT2D eigenvalue weighted by Crippen LogP contribution is -2.49. The maximum atomic E-state index is 15.6. The fourth-order valence-corrected chi connectivity index (χ4v) is 4.72. The highest BCUT2D eigenvalue weighted by atomic mass is 31.0. The lowest BCUT2D eigenvalue weighted by molar-refractivity contribution is -0.0879. The summed E-state index contributed by atoms with van der Waals surface area (Å²) in [6, 6.07) is 0. The van der Waals surface area contributed by atoms with Crippen LogP contribution in [0.1, 0.15) is 54.9 Å². The molecule has 2 fully saturated rings. The number of halogens is 4. The van der Waals surface area contributed by atoms with Crippen molar-refractivity contribution in [3.05, 3.63) is 0 Å². The average molecular weight is 356 g/mol. The number of rotatable bonds is 6. The molecule has 5 atom stereocenters. The first kappa shape index (κ1) is 19.4.